The third-order valence-corrected chi connectivity index (χ3v) is 8.16. The Bertz CT molecular complexity index is 609. The molecule has 0 bridgehead atoms. The maximum Gasteiger partial charge on any atom is 0 e. The van der Waals surface area contributed by atoms with Gasteiger partial charge in [-0.1, -0.05) is 57.4 Å². The molecule has 0 aromatic heterocycles. The molecule has 4 fully saturated rings. The predicted molar refractivity (Wildman–Crippen MR) is 174 cm³/mol. The van der Waals surface area contributed by atoms with Gasteiger partial charge in [-0.3, -0.25) is 0 Å². The molecular formula is C34H63I. The van der Waals surface area contributed by atoms with Crippen LogP contribution in [0.5, 0.6) is 0 Å². The van der Waals surface area contributed by atoms with Gasteiger partial charge in [-0.15, -0.1) is 24.0 Å². The van der Waals surface area contributed by atoms with Crippen LogP contribution in [0.1, 0.15) is 172 Å². The van der Waals surface area contributed by atoms with Crippen LogP contribution in [0.3, 0.4) is 0 Å². The molecule has 35 heavy (non-hydrogen) atoms. The fourth-order valence-electron chi connectivity index (χ4n) is 5.56. The van der Waals surface area contributed by atoms with Crippen LogP contribution >= 0.6 is 24.0 Å². The quantitative estimate of drug-likeness (QED) is 0.192. The Morgan fingerprint density at radius 1 is 0.314 bits per heavy atom. The molecule has 0 unspecified atom stereocenters. The summed E-state index contributed by atoms with van der Waals surface area (Å²) in [5.74, 6) is 0. The maximum absolute atomic E-state index is 2.24. The minimum absolute atomic E-state index is 0. The largest absolute Gasteiger partial charge is 0.107 e. The van der Waals surface area contributed by atoms with Gasteiger partial charge in [0.25, 0.3) is 0 Å². The van der Waals surface area contributed by atoms with E-state index in [1.807, 2.05) is 0 Å². The topological polar surface area (TPSA) is 0 Å². The molecule has 0 amide bonds. The van der Waals surface area contributed by atoms with Crippen LogP contribution in [0.15, 0.2) is 44.6 Å². The first kappa shape index (κ1) is 34.7. The molecule has 0 spiro atoms. The van der Waals surface area contributed by atoms with Crippen molar-refractivity contribution in [3.63, 3.8) is 0 Å². The molecule has 0 saturated heterocycles. The summed E-state index contributed by atoms with van der Waals surface area (Å²) in [6.07, 6.45) is 25.4. The van der Waals surface area contributed by atoms with Crippen molar-refractivity contribution in [3.8, 4) is 0 Å². The normalized spacial score (nSPS) is 19.2. The lowest BCUT2D eigenvalue weighted by molar-refractivity contribution is 0.593. The van der Waals surface area contributed by atoms with E-state index in [1.165, 1.54) is 116 Å². The molecule has 0 aromatic carbocycles. The summed E-state index contributed by atoms with van der Waals surface area (Å²) in [5.41, 5.74) is 13.1. The van der Waals surface area contributed by atoms with Gasteiger partial charge in [-0.25, -0.2) is 0 Å². The van der Waals surface area contributed by atoms with Gasteiger partial charge in [-0.05, 0) is 158 Å². The van der Waals surface area contributed by atoms with E-state index in [9.17, 15) is 0 Å². The molecule has 4 rings (SSSR count). The van der Waals surface area contributed by atoms with Crippen molar-refractivity contribution in [2.45, 2.75) is 171 Å². The third kappa shape index (κ3) is 16.2. The molecule has 0 atom stereocenters. The molecule has 206 valence electrons. The fourth-order valence-corrected chi connectivity index (χ4v) is 5.56. The Balaban J connectivity index is 0. The highest BCUT2D eigenvalue weighted by atomic mass is 127. The number of hydrogen-bond donors (Lipinski definition) is 0. The Kier molecular flexibility index (Phi) is 20.5. The van der Waals surface area contributed by atoms with E-state index in [1.54, 1.807) is 44.6 Å². The first-order chi connectivity index (χ1) is 16.2. The zero-order valence-corrected chi connectivity index (χ0v) is 27.5. The zero-order valence-electron chi connectivity index (χ0n) is 25.1. The van der Waals surface area contributed by atoms with Gasteiger partial charge in [0.15, 0.2) is 0 Å². The van der Waals surface area contributed by atoms with E-state index >= 15 is 0 Å². The van der Waals surface area contributed by atoms with Crippen molar-refractivity contribution in [3.05, 3.63) is 44.6 Å². The highest BCUT2D eigenvalue weighted by Gasteiger charge is 2.07. The summed E-state index contributed by atoms with van der Waals surface area (Å²) in [6.45, 7) is 17.8. The lowest BCUT2D eigenvalue weighted by Gasteiger charge is -2.14. The van der Waals surface area contributed by atoms with Crippen LogP contribution in [-0.4, -0.2) is 0 Å². The van der Waals surface area contributed by atoms with Crippen molar-refractivity contribution >= 4 is 24.0 Å². The van der Waals surface area contributed by atoms with Crippen molar-refractivity contribution in [1.29, 1.82) is 0 Å². The van der Waals surface area contributed by atoms with E-state index < -0.39 is 0 Å². The highest BCUT2D eigenvalue weighted by molar-refractivity contribution is 14.0. The van der Waals surface area contributed by atoms with Crippen LogP contribution < -0.4 is 0 Å². The molecule has 0 aromatic rings. The van der Waals surface area contributed by atoms with Gasteiger partial charge in [0.2, 0.25) is 0 Å². The summed E-state index contributed by atoms with van der Waals surface area (Å²) in [7, 11) is 0. The SMILES string of the molecule is CC(C)=C1CCCC1.CC(C)=C1CCCC1.CC(C)=C1CCCCC1.CC(C)=C1CCCCC1.I.[HH]. The van der Waals surface area contributed by atoms with Gasteiger partial charge < -0.3 is 0 Å². The molecule has 0 heterocycles. The molecule has 0 nitrogen and oxygen atoms in total. The monoisotopic (exact) mass is 598 g/mol. The number of hydrogen-bond acceptors (Lipinski definition) is 0. The van der Waals surface area contributed by atoms with Crippen molar-refractivity contribution in [2.24, 2.45) is 0 Å². The Hall–Kier alpha value is -0.310. The number of rotatable bonds is 0. The van der Waals surface area contributed by atoms with Crippen LogP contribution in [0.4, 0.5) is 0 Å². The number of allylic oxidation sites excluding steroid dienone is 8. The molecule has 0 radical (unpaired) electrons. The summed E-state index contributed by atoms with van der Waals surface area (Å²) in [5, 5.41) is 0. The van der Waals surface area contributed by atoms with Crippen molar-refractivity contribution in [1.82, 2.24) is 0 Å². The second-order valence-corrected chi connectivity index (χ2v) is 11.9. The molecule has 0 aliphatic heterocycles. The lowest BCUT2D eigenvalue weighted by atomic mass is 9.92. The molecule has 1 heteroatoms. The van der Waals surface area contributed by atoms with E-state index in [0.717, 1.165) is 0 Å². The minimum atomic E-state index is 0. The Morgan fingerprint density at radius 2 is 0.457 bits per heavy atom. The molecular weight excluding hydrogens is 535 g/mol. The maximum atomic E-state index is 2.24. The molecule has 4 aliphatic rings. The van der Waals surface area contributed by atoms with Gasteiger partial charge in [-0.2, -0.15) is 0 Å². The summed E-state index contributed by atoms with van der Waals surface area (Å²) >= 11 is 0. The van der Waals surface area contributed by atoms with Gasteiger partial charge in [0.05, 0.1) is 0 Å². The van der Waals surface area contributed by atoms with E-state index in [2.05, 4.69) is 55.4 Å². The fraction of sp³-hybridized carbons (Fsp3) is 0.765. The van der Waals surface area contributed by atoms with E-state index in [4.69, 9.17) is 0 Å². The van der Waals surface area contributed by atoms with Crippen molar-refractivity contribution in [2.75, 3.05) is 0 Å². The van der Waals surface area contributed by atoms with Gasteiger partial charge in [0, 0.05) is 1.43 Å². The van der Waals surface area contributed by atoms with Gasteiger partial charge in [0.1, 0.15) is 0 Å². The van der Waals surface area contributed by atoms with Crippen molar-refractivity contribution < 1.29 is 1.43 Å². The Morgan fingerprint density at radius 3 is 0.571 bits per heavy atom. The summed E-state index contributed by atoms with van der Waals surface area (Å²) < 4.78 is 0. The average molecular weight is 599 g/mol. The predicted octanol–water partition coefficient (Wildman–Crippen LogP) is 13.2. The Labute approximate surface area is 240 Å². The standard InChI is InChI=1S/2C9H16.2C8H14.HI.H2/c2*1-8(2)9-6-4-3-5-7-9;2*1-7(2)8-5-3-4-6-8;;/h2*3-7H2,1-2H3;2*3-6H2,1-2H3;2*1H. The van der Waals surface area contributed by atoms with E-state index in [0.29, 0.717) is 0 Å². The second kappa shape index (κ2) is 20.7. The second-order valence-electron chi connectivity index (χ2n) is 11.9. The minimum Gasteiger partial charge on any atom is -0.107 e. The van der Waals surface area contributed by atoms with Crippen LogP contribution in [0, 0.1) is 0 Å². The highest BCUT2D eigenvalue weighted by Crippen LogP contribution is 2.27. The first-order valence-electron chi connectivity index (χ1n) is 14.8. The summed E-state index contributed by atoms with van der Waals surface area (Å²) in [6, 6.07) is 0. The van der Waals surface area contributed by atoms with Crippen LogP contribution in [0.25, 0.3) is 0 Å². The summed E-state index contributed by atoms with van der Waals surface area (Å²) in [4.78, 5) is 0. The smallest absolute Gasteiger partial charge is 0 e. The zero-order chi connectivity index (χ0) is 25.3. The third-order valence-electron chi connectivity index (χ3n) is 8.16. The van der Waals surface area contributed by atoms with Crippen LogP contribution in [-0.2, 0) is 0 Å². The lowest BCUT2D eigenvalue weighted by Crippen LogP contribution is -1.94. The molecule has 0 N–H and O–H groups in total. The molecule has 4 aliphatic carbocycles. The first-order valence-corrected chi connectivity index (χ1v) is 14.8. The molecule has 4 saturated carbocycles. The van der Waals surface area contributed by atoms with Crippen LogP contribution in [0.2, 0.25) is 0 Å². The number of halogens is 1. The van der Waals surface area contributed by atoms with E-state index in [-0.39, 0.29) is 25.4 Å². The van der Waals surface area contributed by atoms with Gasteiger partial charge >= 0.3 is 0 Å². The average Bonchev–Trinajstić information content (AvgIpc) is 3.56.